The van der Waals surface area contributed by atoms with Crippen LogP contribution in [-0.2, 0) is 59.2 Å². The van der Waals surface area contributed by atoms with Gasteiger partial charge in [-0.2, -0.15) is 10.2 Å². The highest BCUT2D eigenvalue weighted by Gasteiger charge is 2.53. The average Bonchev–Trinajstić information content (AvgIpc) is 2.90. The number of fused-ring (bicyclic) bond motifs is 4. The molecule has 2 aliphatic carbocycles. The lowest BCUT2D eigenvalue weighted by Gasteiger charge is -2.36. The number of benzene rings is 3. The van der Waals surface area contributed by atoms with Crippen LogP contribution in [0.4, 0.5) is 17.6 Å². The van der Waals surface area contributed by atoms with E-state index in [2.05, 4.69) is 95.3 Å². The summed E-state index contributed by atoms with van der Waals surface area (Å²) in [6.45, 7) is 21.5. The van der Waals surface area contributed by atoms with Gasteiger partial charge in [-0.05, 0) is 99.6 Å². The summed E-state index contributed by atoms with van der Waals surface area (Å²) < 4.78 is 73.9. The predicted octanol–water partition coefficient (Wildman–Crippen LogP) is 11.4. The van der Waals surface area contributed by atoms with Gasteiger partial charge in [-0.25, -0.2) is 32.5 Å². The van der Waals surface area contributed by atoms with E-state index in [4.69, 9.17) is 19.3 Å². The van der Waals surface area contributed by atoms with Gasteiger partial charge in [-0.3, -0.25) is 19.0 Å². The summed E-state index contributed by atoms with van der Waals surface area (Å²) in [5.74, 6) is -3.84. The Bertz CT molecular complexity index is 3750. The minimum Gasteiger partial charge on any atom is -0.399 e. The lowest BCUT2D eigenvalue weighted by Crippen LogP contribution is -2.41. The molecule has 1 saturated heterocycles. The van der Waals surface area contributed by atoms with Crippen LogP contribution < -0.4 is 5.46 Å². The second-order valence-electron chi connectivity index (χ2n) is 24.0. The molecule has 0 atom stereocenters. The van der Waals surface area contributed by atoms with Crippen LogP contribution in [0.15, 0.2) is 79.4 Å². The predicted molar refractivity (Wildman–Crippen MR) is 309 cm³/mol. The molecule has 15 nitrogen and oxygen atoms in total. The van der Waals surface area contributed by atoms with Crippen LogP contribution in [-0.4, -0.2) is 109 Å². The van der Waals surface area contributed by atoms with Crippen molar-refractivity contribution >= 4 is 46.1 Å². The number of amides is 2. The lowest BCUT2D eigenvalue weighted by molar-refractivity contribution is -0.133. The molecular formula is C62H72BF4N11O4. The fourth-order valence-corrected chi connectivity index (χ4v) is 12.2. The summed E-state index contributed by atoms with van der Waals surface area (Å²) in [6, 6.07) is 18.8. The summed E-state index contributed by atoms with van der Waals surface area (Å²) in [5, 5.41) is 11.9. The summed E-state index contributed by atoms with van der Waals surface area (Å²) >= 11 is 0. The van der Waals surface area contributed by atoms with Crippen molar-refractivity contribution in [1.82, 2.24) is 53.4 Å². The van der Waals surface area contributed by atoms with E-state index >= 15 is 0 Å². The molecule has 8 aromatic rings. The Kier molecular flexibility index (Phi) is 14.7. The van der Waals surface area contributed by atoms with Crippen molar-refractivity contribution in [1.29, 1.82) is 0 Å². The first kappa shape index (κ1) is 56.7. The fourth-order valence-electron chi connectivity index (χ4n) is 12.2. The SMILES string of the molecule is CCC(=O)N1CCn2c(C3CC(F)(F)C3)nc(-c3cccc4nc(-c5cnn(C)c5)c(C)cc34)c2C1.CCC(=O)N1CCn2c(C3CC(F)(F)C3)nc(C)c2C1.Cc1cc2c(B3OC(C)(C)C(C)(C)O3)cccc2cc1-c1cnn(C)c1. The van der Waals surface area contributed by atoms with Crippen LogP contribution in [0.3, 0.4) is 0 Å². The molecule has 13 rings (SSSR count). The normalized spacial score (nSPS) is 18.7. The maximum absolute atomic E-state index is 13.8. The number of hydrogen-bond donors (Lipinski definition) is 0. The molecular weight excluding hydrogens is 1050 g/mol. The van der Waals surface area contributed by atoms with Crippen molar-refractivity contribution in [3.8, 4) is 33.6 Å². The van der Waals surface area contributed by atoms with Gasteiger partial charge >= 0.3 is 7.12 Å². The Morgan fingerprint density at radius 3 is 1.72 bits per heavy atom. The second-order valence-corrected chi connectivity index (χ2v) is 24.0. The molecule has 3 fully saturated rings. The number of halogens is 4. The Morgan fingerprint density at radius 1 is 0.622 bits per heavy atom. The summed E-state index contributed by atoms with van der Waals surface area (Å²) in [7, 11) is 3.46. The third kappa shape index (κ3) is 10.6. The van der Waals surface area contributed by atoms with Crippen molar-refractivity contribution in [3.63, 3.8) is 0 Å². The van der Waals surface area contributed by atoms with Gasteiger partial charge in [0.15, 0.2) is 0 Å². The van der Waals surface area contributed by atoms with Crippen LogP contribution in [0, 0.1) is 20.8 Å². The first-order chi connectivity index (χ1) is 38.8. The van der Waals surface area contributed by atoms with Crippen molar-refractivity contribution in [3.05, 3.63) is 119 Å². The van der Waals surface area contributed by atoms with Gasteiger partial charge < -0.3 is 28.2 Å². The van der Waals surface area contributed by atoms with E-state index in [1.54, 1.807) is 10.9 Å². The summed E-state index contributed by atoms with van der Waals surface area (Å²) in [6.07, 6.45) is 8.08. The van der Waals surface area contributed by atoms with E-state index in [-0.39, 0.29) is 67.7 Å². The van der Waals surface area contributed by atoms with E-state index < -0.39 is 11.8 Å². The zero-order valence-electron chi connectivity index (χ0n) is 48.8. The van der Waals surface area contributed by atoms with Crippen LogP contribution >= 0.6 is 0 Å². The smallest absolute Gasteiger partial charge is 0.399 e. The molecule has 0 bridgehead atoms. The van der Waals surface area contributed by atoms with Gasteiger partial charge in [0.2, 0.25) is 23.7 Å². The van der Waals surface area contributed by atoms with Crippen molar-refractivity contribution < 1.29 is 36.5 Å². The Hall–Kier alpha value is -7.19. The zero-order valence-corrected chi connectivity index (χ0v) is 48.8. The first-order valence-corrected chi connectivity index (χ1v) is 28.6. The van der Waals surface area contributed by atoms with Crippen LogP contribution in [0.25, 0.3) is 55.3 Å². The largest absolute Gasteiger partial charge is 0.495 e. The standard InChI is InChI=1S/C27H28F2N6O.C21H25BN2O2.C14H19F2N3O/c1-4-23(36)34-8-9-35-22(15-34)25(32-26(35)17-11-27(28,29)12-17)19-6-5-7-21-20(19)10-16(2)24(31-21)18-13-30-33(3)14-18;1-14-10-18-15(11-17(14)16-12-23-24(6)13-16)8-7-9-19(18)22-25-20(2,3)21(4,5)26-22;1-3-12(20)18-4-5-19-11(8-18)9(2)17-13(19)10-6-14(15,16)7-10/h5-7,10,13-14,17H,4,8-9,11-12,15H2,1-3H3;7-13H,1-6H3;10H,3-8H2,1-2H3. The third-order valence-corrected chi connectivity index (χ3v) is 17.6. The fraction of sp³-hybridized carbons (Fsp3) is 0.468. The molecule has 3 aliphatic heterocycles. The molecule has 430 valence electrons. The molecule has 0 spiro atoms. The molecule has 5 aromatic heterocycles. The molecule has 0 radical (unpaired) electrons. The average molecular weight is 1120 g/mol. The Balaban J connectivity index is 0.000000135. The van der Waals surface area contributed by atoms with Crippen molar-refractivity contribution in [2.24, 2.45) is 14.1 Å². The van der Waals surface area contributed by atoms with Crippen molar-refractivity contribution in [2.75, 3.05) is 13.1 Å². The van der Waals surface area contributed by atoms with E-state index in [0.717, 1.165) is 72.9 Å². The highest BCUT2D eigenvalue weighted by Crippen LogP contribution is 2.50. The minimum absolute atomic E-state index is 0.0849. The Labute approximate surface area is 476 Å². The quantitative estimate of drug-likeness (QED) is 0.107. The van der Waals surface area contributed by atoms with Gasteiger partial charge in [0.1, 0.15) is 11.6 Å². The number of hydrogen-bond acceptors (Lipinski definition) is 9. The summed E-state index contributed by atoms with van der Waals surface area (Å²) in [5.41, 5.74) is 12.1. The monoisotopic (exact) mass is 1120 g/mol. The van der Waals surface area contributed by atoms with E-state index in [0.29, 0.717) is 57.9 Å². The van der Waals surface area contributed by atoms with Gasteiger partial charge in [-0.1, -0.05) is 50.2 Å². The van der Waals surface area contributed by atoms with Gasteiger partial charge in [-0.15, -0.1) is 0 Å². The number of carbonyl (C=O) groups excluding carboxylic acids is 2. The number of imidazole rings is 2. The van der Waals surface area contributed by atoms with Crippen molar-refractivity contribution in [2.45, 2.75) is 162 Å². The maximum atomic E-state index is 13.8. The van der Waals surface area contributed by atoms with Gasteiger partial charge in [0, 0.05) is 125 Å². The molecule has 8 heterocycles. The molecule has 2 amide bonds. The van der Waals surface area contributed by atoms with Gasteiger partial charge in [0.05, 0.1) is 70.7 Å². The van der Waals surface area contributed by atoms with Gasteiger partial charge in [0.25, 0.3) is 0 Å². The third-order valence-electron chi connectivity index (χ3n) is 17.6. The number of pyridine rings is 1. The molecule has 20 heteroatoms. The molecule has 3 aromatic carbocycles. The number of carbonyl (C=O) groups is 2. The van der Waals surface area contributed by atoms with E-state index in [1.165, 1.54) is 21.9 Å². The van der Waals surface area contributed by atoms with Crippen LogP contribution in [0.1, 0.15) is 132 Å². The number of aromatic nitrogens is 9. The Morgan fingerprint density at radius 2 is 1.16 bits per heavy atom. The highest BCUT2D eigenvalue weighted by molar-refractivity contribution is 6.65. The topological polar surface area (TPSA) is 143 Å². The van der Waals surface area contributed by atoms with Crippen LogP contribution in [0.5, 0.6) is 0 Å². The molecule has 0 unspecified atom stereocenters. The lowest BCUT2D eigenvalue weighted by atomic mass is 9.75. The van der Waals surface area contributed by atoms with E-state index in [1.807, 2.05) is 93.1 Å². The number of rotatable bonds is 8. The maximum Gasteiger partial charge on any atom is 0.495 e. The molecule has 0 N–H and O–H groups in total. The zero-order chi connectivity index (χ0) is 58.4. The molecule has 2 saturated carbocycles. The molecule has 5 aliphatic rings. The minimum atomic E-state index is -2.63. The number of aryl methyl sites for hydroxylation is 5. The summed E-state index contributed by atoms with van der Waals surface area (Å²) in [4.78, 5) is 42.4. The van der Waals surface area contributed by atoms with E-state index in [9.17, 15) is 27.2 Å². The number of nitrogens with zero attached hydrogens (tertiary/aromatic N) is 11. The first-order valence-electron chi connectivity index (χ1n) is 28.6. The molecule has 82 heavy (non-hydrogen) atoms. The highest BCUT2D eigenvalue weighted by atomic mass is 19.3. The van der Waals surface area contributed by atoms with Crippen LogP contribution in [0.2, 0.25) is 0 Å². The number of alkyl halides is 4. The second kappa shape index (κ2) is 21.2.